The van der Waals surface area contributed by atoms with Gasteiger partial charge in [-0.15, -0.1) is 0 Å². The first-order valence-corrected chi connectivity index (χ1v) is 12.0. The molecule has 166 valence electrons. The van der Waals surface area contributed by atoms with Crippen molar-refractivity contribution in [3.8, 4) is 0 Å². The molecule has 1 unspecified atom stereocenters. The lowest BCUT2D eigenvalue weighted by molar-refractivity contribution is -0.120. The van der Waals surface area contributed by atoms with Crippen molar-refractivity contribution in [1.82, 2.24) is 0 Å². The number of anilines is 1. The Bertz CT molecular complexity index is 1060. The Hall–Kier alpha value is -2.87. The van der Waals surface area contributed by atoms with Crippen LogP contribution in [-0.2, 0) is 23.1 Å². The maximum absolute atomic E-state index is 13.2. The molecule has 0 aromatic heterocycles. The van der Waals surface area contributed by atoms with Gasteiger partial charge in [0.1, 0.15) is 5.41 Å². The lowest BCUT2D eigenvalue weighted by Crippen LogP contribution is -2.40. The van der Waals surface area contributed by atoms with E-state index in [1.54, 1.807) is 0 Å². The highest BCUT2D eigenvalue weighted by Crippen LogP contribution is 2.47. The fourth-order valence-electron chi connectivity index (χ4n) is 5.13. The summed E-state index contributed by atoms with van der Waals surface area (Å²) in [5, 5.41) is 3.11. The summed E-state index contributed by atoms with van der Waals surface area (Å²) in [5.74, 6) is 0.842. The highest BCUT2D eigenvalue weighted by atomic mass is 16.2. The molecule has 1 heterocycles. The van der Waals surface area contributed by atoms with Crippen LogP contribution < -0.4 is 5.32 Å². The van der Waals surface area contributed by atoms with Gasteiger partial charge in [0.05, 0.1) is 0 Å². The largest absolute Gasteiger partial charge is 0.325 e. The molecule has 1 atom stereocenters. The Kier molecular flexibility index (Phi) is 6.50. The summed E-state index contributed by atoms with van der Waals surface area (Å²) in [7, 11) is 0. The summed E-state index contributed by atoms with van der Waals surface area (Å²) in [6.07, 6.45) is 4.56. The molecule has 0 fully saturated rings. The van der Waals surface area contributed by atoms with Crippen molar-refractivity contribution in [2.75, 3.05) is 5.32 Å². The van der Waals surface area contributed by atoms with E-state index in [9.17, 15) is 4.79 Å². The molecule has 0 spiro atoms. The number of carbonyl (C=O) groups is 1. The normalized spacial score (nSPS) is 17.6. The number of carbonyl (C=O) groups excluding carboxylic acids is 1. The molecule has 3 aromatic carbocycles. The monoisotopic (exact) mass is 425 g/mol. The summed E-state index contributed by atoms with van der Waals surface area (Å²) in [5.41, 5.74) is 6.68. The van der Waals surface area contributed by atoms with Crippen LogP contribution in [0.4, 0.5) is 5.69 Å². The summed E-state index contributed by atoms with van der Waals surface area (Å²) >= 11 is 0. The van der Waals surface area contributed by atoms with Gasteiger partial charge >= 0.3 is 0 Å². The van der Waals surface area contributed by atoms with Crippen molar-refractivity contribution < 1.29 is 4.79 Å². The van der Waals surface area contributed by atoms with E-state index < -0.39 is 5.41 Å². The number of hydrogen-bond acceptors (Lipinski definition) is 1. The maximum atomic E-state index is 13.2. The van der Waals surface area contributed by atoms with Crippen LogP contribution in [0.2, 0.25) is 0 Å². The van der Waals surface area contributed by atoms with E-state index in [4.69, 9.17) is 0 Å². The van der Waals surface area contributed by atoms with Crippen LogP contribution in [0.5, 0.6) is 0 Å². The minimum absolute atomic E-state index is 0.0879. The average Bonchev–Trinajstić information content (AvgIpc) is 3.10. The Balaban J connectivity index is 1.41. The molecule has 2 nitrogen and oxygen atoms in total. The van der Waals surface area contributed by atoms with Crippen molar-refractivity contribution in [3.63, 3.8) is 0 Å². The lowest BCUT2D eigenvalue weighted by atomic mass is 9.67. The van der Waals surface area contributed by atoms with Crippen molar-refractivity contribution in [3.05, 3.63) is 101 Å². The molecule has 0 saturated heterocycles. The smallest absolute Gasteiger partial charge is 0.239 e. The SMILES string of the molecule is CC(C)c1ccc(CCCCc2ccc(C3(C(C)C)C(=O)Nc4ccccc43)cc2)cc1. The molecule has 0 bridgehead atoms. The Morgan fingerprint density at radius 1 is 0.750 bits per heavy atom. The fourth-order valence-corrected chi connectivity index (χ4v) is 5.13. The molecule has 32 heavy (non-hydrogen) atoms. The second kappa shape index (κ2) is 9.32. The third-order valence-corrected chi connectivity index (χ3v) is 7.06. The van der Waals surface area contributed by atoms with E-state index in [0.29, 0.717) is 5.92 Å². The van der Waals surface area contributed by atoms with E-state index in [2.05, 4.69) is 87.6 Å². The Labute approximate surface area is 193 Å². The minimum atomic E-state index is -0.614. The topological polar surface area (TPSA) is 29.1 Å². The number of nitrogens with one attached hydrogen (secondary N) is 1. The van der Waals surface area contributed by atoms with Crippen LogP contribution in [0.15, 0.2) is 72.8 Å². The molecule has 1 amide bonds. The van der Waals surface area contributed by atoms with Gasteiger partial charge in [-0.05, 0) is 71.4 Å². The first-order chi connectivity index (χ1) is 15.4. The van der Waals surface area contributed by atoms with E-state index in [1.807, 2.05) is 18.2 Å². The van der Waals surface area contributed by atoms with Gasteiger partial charge in [0, 0.05) is 5.69 Å². The Morgan fingerprint density at radius 2 is 1.31 bits per heavy atom. The number of fused-ring (bicyclic) bond motifs is 1. The predicted molar refractivity (Wildman–Crippen MR) is 134 cm³/mol. The van der Waals surface area contributed by atoms with E-state index >= 15 is 0 Å². The highest BCUT2D eigenvalue weighted by Gasteiger charge is 2.50. The average molecular weight is 426 g/mol. The molecule has 2 heteroatoms. The predicted octanol–water partition coefficient (Wildman–Crippen LogP) is 7.27. The van der Waals surface area contributed by atoms with Crippen molar-refractivity contribution >= 4 is 11.6 Å². The van der Waals surface area contributed by atoms with Crippen LogP contribution in [0.1, 0.15) is 74.3 Å². The number of unbranched alkanes of at least 4 members (excludes halogenated alkanes) is 1. The van der Waals surface area contributed by atoms with E-state index in [0.717, 1.165) is 29.7 Å². The van der Waals surface area contributed by atoms with Crippen molar-refractivity contribution in [1.29, 1.82) is 0 Å². The van der Waals surface area contributed by atoms with Crippen molar-refractivity contribution in [2.45, 2.75) is 64.7 Å². The minimum Gasteiger partial charge on any atom is -0.325 e. The molecular formula is C30H35NO. The number of rotatable bonds is 8. The van der Waals surface area contributed by atoms with Crippen LogP contribution >= 0.6 is 0 Å². The third-order valence-electron chi connectivity index (χ3n) is 7.06. The first kappa shape index (κ1) is 22.3. The van der Waals surface area contributed by atoms with Gasteiger partial charge in [0.15, 0.2) is 0 Å². The summed E-state index contributed by atoms with van der Waals surface area (Å²) in [6, 6.07) is 26.0. The van der Waals surface area contributed by atoms with E-state index in [-0.39, 0.29) is 11.8 Å². The van der Waals surface area contributed by atoms with Crippen LogP contribution in [0, 0.1) is 5.92 Å². The van der Waals surface area contributed by atoms with Crippen LogP contribution in [0.25, 0.3) is 0 Å². The molecule has 1 N–H and O–H groups in total. The van der Waals surface area contributed by atoms with Gasteiger partial charge in [0.2, 0.25) is 5.91 Å². The zero-order valence-corrected chi connectivity index (χ0v) is 19.8. The molecule has 1 aliphatic rings. The third kappa shape index (κ3) is 4.11. The first-order valence-electron chi connectivity index (χ1n) is 12.0. The van der Waals surface area contributed by atoms with Gasteiger partial charge in [-0.25, -0.2) is 0 Å². The number of hydrogen-bond donors (Lipinski definition) is 1. The van der Waals surface area contributed by atoms with Crippen LogP contribution in [-0.4, -0.2) is 5.91 Å². The van der Waals surface area contributed by atoms with Gasteiger partial charge in [-0.3, -0.25) is 4.79 Å². The molecule has 0 radical (unpaired) electrons. The summed E-state index contributed by atoms with van der Waals surface area (Å²) < 4.78 is 0. The quantitative estimate of drug-likeness (QED) is 0.378. The maximum Gasteiger partial charge on any atom is 0.239 e. The van der Waals surface area contributed by atoms with Gasteiger partial charge in [0.25, 0.3) is 0 Å². The van der Waals surface area contributed by atoms with Gasteiger partial charge in [-0.2, -0.15) is 0 Å². The molecule has 3 aromatic rings. The second-order valence-corrected chi connectivity index (χ2v) is 9.76. The molecule has 0 aliphatic carbocycles. The molecule has 0 saturated carbocycles. The Morgan fingerprint density at radius 3 is 1.88 bits per heavy atom. The second-order valence-electron chi connectivity index (χ2n) is 9.76. The van der Waals surface area contributed by atoms with Gasteiger partial charge < -0.3 is 5.32 Å². The number of amides is 1. The number of para-hydroxylation sites is 1. The fraction of sp³-hybridized carbons (Fsp3) is 0.367. The van der Waals surface area contributed by atoms with Crippen molar-refractivity contribution in [2.24, 2.45) is 5.92 Å². The van der Waals surface area contributed by atoms with Gasteiger partial charge in [-0.1, -0.05) is 94.4 Å². The molecule has 4 rings (SSSR count). The molecule has 1 aliphatic heterocycles. The number of aryl methyl sites for hydroxylation is 2. The highest BCUT2D eigenvalue weighted by molar-refractivity contribution is 6.08. The number of benzene rings is 3. The zero-order valence-electron chi connectivity index (χ0n) is 19.8. The standard InChI is InChI=1S/C30H35NO/c1-21(2)25-17-13-23(14-18-25)9-5-6-10-24-15-19-26(20-16-24)30(22(3)4)27-11-7-8-12-28(27)31-29(30)32/h7-8,11-22H,5-6,9-10H2,1-4H3,(H,31,32). The summed E-state index contributed by atoms with van der Waals surface area (Å²) in [4.78, 5) is 13.2. The zero-order chi connectivity index (χ0) is 22.7. The summed E-state index contributed by atoms with van der Waals surface area (Å²) in [6.45, 7) is 8.76. The lowest BCUT2D eigenvalue weighted by Gasteiger charge is -2.32. The molecular weight excluding hydrogens is 390 g/mol. The van der Waals surface area contributed by atoms with Crippen LogP contribution in [0.3, 0.4) is 0 Å². The van der Waals surface area contributed by atoms with E-state index in [1.165, 1.54) is 29.5 Å².